The number of aromatic amines is 1. The molecule has 0 aliphatic carbocycles. The Labute approximate surface area is 104 Å². The summed E-state index contributed by atoms with van der Waals surface area (Å²) in [5, 5.41) is 8.50. The van der Waals surface area contributed by atoms with Gasteiger partial charge in [0.15, 0.2) is 11.5 Å². The molecule has 0 saturated carbocycles. The maximum Gasteiger partial charge on any atom is 0.239 e. The van der Waals surface area contributed by atoms with Crippen molar-refractivity contribution in [2.24, 2.45) is 0 Å². The van der Waals surface area contributed by atoms with Gasteiger partial charge in [0.05, 0.1) is 12.9 Å². The highest BCUT2D eigenvalue weighted by molar-refractivity contribution is 5.87. The number of amides is 1. The summed E-state index contributed by atoms with van der Waals surface area (Å²) in [5.41, 5.74) is 1.23. The Balaban J connectivity index is 2.20. The highest BCUT2D eigenvalue weighted by Crippen LogP contribution is 2.17. The molecule has 0 fully saturated rings. The third-order valence-corrected chi connectivity index (χ3v) is 2.30. The van der Waals surface area contributed by atoms with Gasteiger partial charge in [-0.25, -0.2) is 4.98 Å². The summed E-state index contributed by atoms with van der Waals surface area (Å²) in [5.74, 6) is 0.913. The van der Waals surface area contributed by atoms with Gasteiger partial charge in [0, 0.05) is 13.6 Å². The molecule has 8 heteroatoms. The average Bonchev–Trinajstić information content (AvgIpc) is 2.84. The average molecular weight is 249 g/mol. The molecule has 0 atom stereocenters. The summed E-state index contributed by atoms with van der Waals surface area (Å²) in [6.45, 7) is 2.63. The molecule has 4 N–H and O–H groups in total. The number of hydrogen-bond donors (Lipinski definition) is 4. The number of nitrogens with zero attached hydrogens (tertiary/aromatic N) is 3. The van der Waals surface area contributed by atoms with Gasteiger partial charge < -0.3 is 20.9 Å². The summed E-state index contributed by atoms with van der Waals surface area (Å²) in [6.07, 6.45) is 1.54. The van der Waals surface area contributed by atoms with E-state index in [9.17, 15) is 4.79 Å². The fourth-order valence-corrected chi connectivity index (χ4v) is 1.50. The molecule has 2 aromatic heterocycles. The minimum atomic E-state index is -0.0882. The van der Waals surface area contributed by atoms with Gasteiger partial charge in [-0.1, -0.05) is 0 Å². The van der Waals surface area contributed by atoms with Crippen molar-refractivity contribution in [3.8, 4) is 0 Å². The molecular weight excluding hydrogens is 234 g/mol. The third-order valence-electron chi connectivity index (χ3n) is 2.30. The zero-order valence-electron chi connectivity index (χ0n) is 10.2. The fourth-order valence-electron chi connectivity index (χ4n) is 1.50. The van der Waals surface area contributed by atoms with E-state index in [0.717, 1.165) is 0 Å². The first-order chi connectivity index (χ1) is 8.74. The van der Waals surface area contributed by atoms with Gasteiger partial charge in [0.2, 0.25) is 11.9 Å². The van der Waals surface area contributed by atoms with E-state index in [0.29, 0.717) is 29.5 Å². The van der Waals surface area contributed by atoms with Crippen LogP contribution in [0.1, 0.15) is 6.92 Å². The molecule has 0 aliphatic rings. The molecule has 2 aromatic rings. The molecule has 0 saturated heterocycles. The number of carbonyl (C=O) groups excluding carboxylic acids is 1. The number of rotatable bonds is 5. The van der Waals surface area contributed by atoms with Gasteiger partial charge >= 0.3 is 0 Å². The molecule has 2 rings (SSSR count). The van der Waals surface area contributed by atoms with Gasteiger partial charge in [-0.3, -0.25) is 4.79 Å². The number of aromatic nitrogens is 4. The molecule has 0 unspecified atom stereocenters. The van der Waals surface area contributed by atoms with E-state index in [4.69, 9.17) is 0 Å². The van der Waals surface area contributed by atoms with Crippen LogP contribution in [-0.2, 0) is 4.79 Å². The smallest absolute Gasteiger partial charge is 0.239 e. The van der Waals surface area contributed by atoms with Crippen molar-refractivity contribution in [3.63, 3.8) is 0 Å². The number of carbonyl (C=O) groups is 1. The third kappa shape index (κ3) is 2.47. The molecule has 0 radical (unpaired) electrons. The predicted molar refractivity (Wildman–Crippen MR) is 68.4 cm³/mol. The van der Waals surface area contributed by atoms with Crippen LogP contribution in [0.15, 0.2) is 6.33 Å². The number of hydrogen-bond acceptors (Lipinski definition) is 6. The SMILES string of the molecule is CCNC(=O)CNc1nc(NC)nc2nc[nH]c12. The molecular formula is C10H15N7O. The van der Waals surface area contributed by atoms with Crippen LogP contribution in [0.5, 0.6) is 0 Å². The zero-order valence-corrected chi connectivity index (χ0v) is 10.2. The Morgan fingerprint density at radius 3 is 3.00 bits per heavy atom. The van der Waals surface area contributed by atoms with E-state index in [-0.39, 0.29) is 12.5 Å². The molecule has 2 heterocycles. The van der Waals surface area contributed by atoms with E-state index in [1.165, 1.54) is 6.33 Å². The van der Waals surface area contributed by atoms with Crippen LogP contribution < -0.4 is 16.0 Å². The first kappa shape index (κ1) is 12.1. The van der Waals surface area contributed by atoms with Crippen LogP contribution in [0.2, 0.25) is 0 Å². The molecule has 18 heavy (non-hydrogen) atoms. The van der Waals surface area contributed by atoms with E-state index < -0.39 is 0 Å². The molecule has 0 bridgehead atoms. The molecule has 1 amide bonds. The molecule has 0 aliphatic heterocycles. The summed E-state index contributed by atoms with van der Waals surface area (Å²) < 4.78 is 0. The Kier molecular flexibility index (Phi) is 3.56. The van der Waals surface area contributed by atoms with Crippen molar-refractivity contribution < 1.29 is 4.79 Å². The first-order valence-corrected chi connectivity index (χ1v) is 5.64. The van der Waals surface area contributed by atoms with Crippen molar-refractivity contribution in [1.82, 2.24) is 25.3 Å². The minimum absolute atomic E-state index is 0.0882. The monoisotopic (exact) mass is 249 g/mol. The van der Waals surface area contributed by atoms with Crippen LogP contribution in [0.4, 0.5) is 11.8 Å². The quantitative estimate of drug-likeness (QED) is 0.591. The second-order valence-corrected chi connectivity index (χ2v) is 3.55. The normalized spacial score (nSPS) is 10.3. The van der Waals surface area contributed by atoms with Crippen LogP contribution in [0.25, 0.3) is 11.2 Å². The van der Waals surface area contributed by atoms with Crippen molar-refractivity contribution >= 4 is 28.8 Å². The van der Waals surface area contributed by atoms with E-state index in [1.807, 2.05) is 6.92 Å². The van der Waals surface area contributed by atoms with Crippen molar-refractivity contribution in [2.45, 2.75) is 6.92 Å². The standard InChI is InChI=1S/C10H15N7O/c1-3-12-6(18)4-13-8-7-9(15-5-14-7)17-10(11-2)16-8/h5H,3-4H2,1-2H3,(H,12,18)(H3,11,13,14,15,16,17). The number of imidazole rings is 1. The lowest BCUT2D eigenvalue weighted by Gasteiger charge is -2.07. The maximum atomic E-state index is 11.4. The van der Waals surface area contributed by atoms with E-state index >= 15 is 0 Å². The Morgan fingerprint density at radius 1 is 1.44 bits per heavy atom. The lowest BCUT2D eigenvalue weighted by Crippen LogP contribution is -2.29. The number of anilines is 2. The minimum Gasteiger partial charge on any atom is -0.359 e. The lowest BCUT2D eigenvalue weighted by atomic mass is 10.4. The van der Waals surface area contributed by atoms with Gasteiger partial charge in [0.1, 0.15) is 5.52 Å². The van der Waals surface area contributed by atoms with E-state index in [2.05, 4.69) is 35.9 Å². The van der Waals surface area contributed by atoms with Crippen molar-refractivity contribution in [3.05, 3.63) is 6.33 Å². The number of fused-ring (bicyclic) bond motifs is 1. The second kappa shape index (κ2) is 5.30. The number of likely N-dealkylation sites (N-methyl/N-ethyl adjacent to an activating group) is 1. The van der Waals surface area contributed by atoms with Gasteiger partial charge in [-0.2, -0.15) is 9.97 Å². The van der Waals surface area contributed by atoms with Gasteiger partial charge in [0.25, 0.3) is 0 Å². The van der Waals surface area contributed by atoms with Crippen LogP contribution in [0.3, 0.4) is 0 Å². The summed E-state index contributed by atoms with van der Waals surface area (Å²) >= 11 is 0. The lowest BCUT2D eigenvalue weighted by molar-refractivity contribution is -0.119. The topological polar surface area (TPSA) is 108 Å². The second-order valence-electron chi connectivity index (χ2n) is 3.55. The zero-order chi connectivity index (χ0) is 13.0. The summed E-state index contributed by atoms with van der Waals surface area (Å²) in [7, 11) is 1.72. The summed E-state index contributed by atoms with van der Waals surface area (Å²) in [6, 6.07) is 0. The van der Waals surface area contributed by atoms with Crippen LogP contribution >= 0.6 is 0 Å². The Morgan fingerprint density at radius 2 is 2.28 bits per heavy atom. The molecule has 8 nitrogen and oxygen atoms in total. The highest BCUT2D eigenvalue weighted by atomic mass is 16.1. The molecule has 0 spiro atoms. The van der Waals surface area contributed by atoms with Gasteiger partial charge in [-0.15, -0.1) is 0 Å². The largest absolute Gasteiger partial charge is 0.359 e. The van der Waals surface area contributed by atoms with Crippen molar-refractivity contribution in [2.75, 3.05) is 30.8 Å². The number of nitrogens with one attached hydrogen (secondary N) is 4. The highest BCUT2D eigenvalue weighted by Gasteiger charge is 2.09. The Hall–Kier alpha value is -2.38. The van der Waals surface area contributed by atoms with Crippen LogP contribution in [-0.4, -0.2) is 46.0 Å². The van der Waals surface area contributed by atoms with E-state index in [1.54, 1.807) is 7.05 Å². The van der Waals surface area contributed by atoms with Crippen LogP contribution in [0, 0.1) is 0 Å². The summed E-state index contributed by atoms with van der Waals surface area (Å²) in [4.78, 5) is 26.8. The predicted octanol–water partition coefficient (Wildman–Crippen LogP) is -0.0574. The fraction of sp³-hybridized carbons (Fsp3) is 0.400. The maximum absolute atomic E-state index is 11.4. The number of H-pyrrole nitrogens is 1. The van der Waals surface area contributed by atoms with Gasteiger partial charge in [-0.05, 0) is 6.92 Å². The molecule has 96 valence electrons. The first-order valence-electron chi connectivity index (χ1n) is 5.64. The Bertz CT molecular complexity index is 550. The van der Waals surface area contributed by atoms with Crippen molar-refractivity contribution in [1.29, 1.82) is 0 Å². The molecule has 0 aromatic carbocycles.